The zero-order valence-corrected chi connectivity index (χ0v) is 12.0. The van der Waals surface area contributed by atoms with Crippen molar-refractivity contribution < 1.29 is 18.4 Å². The third-order valence-electron chi connectivity index (χ3n) is 3.19. The second-order valence-electron chi connectivity index (χ2n) is 4.41. The summed E-state index contributed by atoms with van der Waals surface area (Å²) in [7, 11) is 0. The molecule has 1 aromatic heterocycles. The van der Waals surface area contributed by atoms with Crippen LogP contribution in [0.3, 0.4) is 0 Å². The van der Waals surface area contributed by atoms with Crippen LogP contribution in [-0.4, -0.2) is 21.2 Å². The molecule has 0 saturated carbocycles. The molecule has 8 heteroatoms. The summed E-state index contributed by atoms with van der Waals surface area (Å²) in [4.78, 5) is 28.9. The van der Waals surface area contributed by atoms with Gasteiger partial charge >= 0.3 is 6.55 Å². The number of rotatable bonds is 3. The first-order valence-corrected chi connectivity index (χ1v) is 6.74. The number of ketones is 1. The van der Waals surface area contributed by atoms with Gasteiger partial charge in [-0.15, -0.1) is 0 Å². The van der Waals surface area contributed by atoms with E-state index in [1.807, 2.05) is 0 Å². The lowest BCUT2D eigenvalue weighted by Crippen LogP contribution is -2.30. The maximum absolute atomic E-state index is 12.8. The van der Waals surface area contributed by atoms with Crippen molar-refractivity contribution in [2.45, 2.75) is 13.1 Å². The lowest BCUT2D eigenvalue weighted by Gasteiger charge is -2.17. The molecule has 1 aliphatic rings. The van der Waals surface area contributed by atoms with E-state index >= 15 is 0 Å². The second-order valence-corrected chi connectivity index (χ2v) is 5.33. The Hall–Kier alpha value is -2.09. The Morgan fingerprint density at radius 3 is 2.76 bits per heavy atom. The zero-order chi connectivity index (χ0) is 15.1. The second kappa shape index (κ2) is 5.03. The molecule has 1 amide bonds. The summed E-state index contributed by atoms with van der Waals surface area (Å²) < 4.78 is 26.9. The topological polar surface area (TPSA) is 55.2 Å². The molecule has 0 N–H and O–H groups in total. The Morgan fingerprint density at radius 2 is 2.05 bits per heavy atom. The lowest BCUT2D eigenvalue weighted by molar-refractivity contribution is -0.114. The first-order valence-electron chi connectivity index (χ1n) is 5.94. The van der Waals surface area contributed by atoms with Gasteiger partial charge < -0.3 is 0 Å². The number of aromatic nitrogens is 2. The van der Waals surface area contributed by atoms with Crippen LogP contribution in [0.4, 0.5) is 14.5 Å². The normalized spacial score (nSPS) is 14.2. The molecule has 0 unspecified atom stereocenters. The van der Waals surface area contributed by atoms with E-state index in [0.717, 1.165) is 11.1 Å². The van der Waals surface area contributed by atoms with E-state index in [4.69, 9.17) is 0 Å². The maximum Gasteiger partial charge on any atom is 0.319 e. The molecule has 21 heavy (non-hydrogen) atoms. The summed E-state index contributed by atoms with van der Waals surface area (Å²) >= 11 is 3.23. The number of carbonyl (C=O) groups is 2. The highest BCUT2D eigenvalue weighted by atomic mass is 79.9. The van der Waals surface area contributed by atoms with Gasteiger partial charge in [-0.1, -0.05) is 15.9 Å². The van der Waals surface area contributed by atoms with E-state index in [1.165, 1.54) is 12.3 Å². The summed E-state index contributed by atoms with van der Waals surface area (Å²) in [6.45, 7) is -2.93. The molecule has 1 aromatic carbocycles. The fraction of sp³-hybridized carbons (Fsp3) is 0.154. The van der Waals surface area contributed by atoms with Gasteiger partial charge in [-0.25, -0.2) is 4.98 Å². The minimum Gasteiger partial charge on any atom is -0.297 e. The highest BCUT2D eigenvalue weighted by Gasteiger charge is 2.36. The first-order chi connectivity index (χ1) is 9.99. The van der Waals surface area contributed by atoms with Crippen LogP contribution in [0.15, 0.2) is 35.1 Å². The number of carbonyl (C=O) groups excluding carboxylic acids is 2. The van der Waals surface area contributed by atoms with E-state index in [2.05, 4.69) is 20.9 Å². The maximum atomic E-state index is 12.8. The van der Waals surface area contributed by atoms with E-state index in [1.54, 1.807) is 12.1 Å². The van der Waals surface area contributed by atoms with Gasteiger partial charge in [-0.3, -0.25) is 19.1 Å². The van der Waals surface area contributed by atoms with Crippen molar-refractivity contribution in [3.05, 3.63) is 46.5 Å². The Balaban J connectivity index is 1.99. The van der Waals surface area contributed by atoms with Crippen molar-refractivity contribution in [1.29, 1.82) is 0 Å². The number of nitrogens with zero attached hydrogens (tertiary/aromatic N) is 3. The molecule has 5 nitrogen and oxygen atoms in total. The van der Waals surface area contributed by atoms with Gasteiger partial charge in [-0.05, 0) is 18.2 Å². The Bertz CT molecular complexity index is 745. The highest BCUT2D eigenvalue weighted by Crippen LogP contribution is 2.32. The summed E-state index contributed by atoms with van der Waals surface area (Å²) in [6.07, 6.45) is 2.36. The number of amides is 1. The molecule has 2 heterocycles. The Labute approximate surface area is 126 Å². The van der Waals surface area contributed by atoms with E-state index in [0.29, 0.717) is 14.7 Å². The number of imidazole rings is 1. The molecular formula is C13H8BrF2N3O2. The smallest absolute Gasteiger partial charge is 0.297 e. The number of benzene rings is 1. The molecule has 2 aromatic rings. The standard InChI is InChI=1S/C13H8BrF2N3O2/c14-7-1-2-9-8(5-7)11(20)12(21)19(9)6-10-17-3-4-18(10)13(15)16/h1-5,13H,6H2. The van der Waals surface area contributed by atoms with Crippen LogP contribution >= 0.6 is 15.9 Å². The predicted octanol–water partition coefficient (Wildman–Crippen LogP) is 2.77. The molecular weight excluding hydrogens is 348 g/mol. The molecule has 0 atom stereocenters. The van der Waals surface area contributed by atoms with Gasteiger partial charge in [0.05, 0.1) is 17.8 Å². The van der Waals surface area contributed by atoms with Gasteiger partial charge in [0.2, 0.25) is 0 Å². The largest absolute Gasteiger partial charge is 0.319 e. The molecule has 0 radical (unpaired) electrons. The molecule has 0 fully saturated rings. The third kappa shape index (κ3) is 2.25. The lowest BCUT2D eigenvalue weighted by atomic mass is 10.1. The molecule has 0 saturated heterocycles. The number of halogens is 3. The third-order valence-corrected chi connectivity index (χ3v) is 3.69. The van der Waals surface area contributed by atoms with Gasteiger partial charge in [-0.2, -0.15) is 8.78 Å². The summed E-state index contributed by atoms with van der Waals surface area (Å²) in [6, 6.07) is 4.81. The predicted molar refractivity (Wildman–Crippen MR) is 73.1 cm³/mol. The molecule has 1 aliphatic heterocycles. The molecule has 108 valence electrons. The van der Waals surface area contributed by atoms with Crippen molar-refractivity contribution in [2.24, 2.45) is 0 Å². The first kappa shape index (κ1) is 13.9. The van der Waals surface area contributed by atoms with Crippen molar-refractivity contribution in [2.75, 3.05) is 4.90 Å². The Morgan fingerprint density at radius 1 is 1.29 bits per heavy atom. The molecule has 3 rings (SSSR count). The fourth-order valence-electron chi connectivity index (χ4n) is 2.22. The summed E-state index contributed by atoms with van der Waals surface area (Å²) in [5.74, 6) is -1.38. The monoisotopic (exact) mass is 355 g/mol. The number of hydrogen-bond donors (Lipinski definition) is 0. The minimum absolute atomic E-state index is 0.0157. The molecule has 0 spiro atoms. The van der Waals surface area contributed by atoms with Crippen LogP contribution in [0.25, 0.3) is 0 Å². The van der Waals surface area contributed by atoms with Gasteiger partial charge in [0.15, 0.2) is 0 Å². The van der Waals surface area contributed by atoms with Crippen molar-refractivity contribution >= 4 is 33.3 Å². The summed E-state index contributed by atoms with van der Waals surface area (Å²) in [5.41, 5.74) is 0.654. The number of anilines is 1. The van der Waals surface area contributed by atoms with E-state index in [-0.39, 0.29) is 17.9 Å². The van der Waals surface area contributed by atoms with Crippen molar-refractivity contribution in [1.82, 2.24) is 9.55 Å². The quantitative estimate of drug-likeness (QED) is 0.795. The van der Waals surface area contributed by atoms with Crippen LogP contribution in [-0.2, 0) is 11.3 Å². The number of Topliss-reactive ketones (excluding diaryl/α,β-unsaturated/α-hetero) is 1. The van der Waals surface area contributed by atoms with Gasteiger partial charge in [0.1, 0.15) is 5.82 Å². The van der Waals surface area contributed by atoms with Crippen LogP contribution in [0.2, 0.25) is 0 Å². The average molecular weight is 356 g/mol. The van der Waals surface area contributed by atoms with Crippen molar-refractivity contribution in [3.63, 3.8) is 0 Å². The number of alkyl halides is 2. The Kier molecular flexibility index (Phi) is 3.32. The zero-order valence-electron chi connectivity index (χ0n) is 10.5. The summed E-state index contributed by atoms with van der Waals surface area (Å²) in [5, 5.41) is 0. The molecule has 0 aliphatic carbocycles. The SMILES string of the molecule is O=C1C(=O)N(Cc2nccn2C(F)F)c2ccc(Br)cc21. The van der Waals surface area contributed by atoms with Gasteiger partial charge in [0, 0.05) is 16.9 Å². The fourth-order valence-corrected chi connectivity index (χ4v) is 2.58. The number of hydrogen-bond acceptors (Lipinski definition) is 3. The van der Waals surface area contributed by atoms with Crippen LogP contribution in [0, 0.1) is 0 Å². The van der Waals surface area contributed by atoms with Crippen LogP contribution in [0.1, 0.15) is 22.7 Å². The number of fused-ring (bicyclic) bond motifs is 1. The highest BCUT2D eigenvalue weighted by molar-refractivity contribution is 9.10. The van der Waals surface area contributed by atoms with E-state index in [9.17, 15) is 18.4 Å². The molecule has 0 bridgehead atoms. The van der Waals surface area contributed by atoms with Gasteiger partial charge in [0.25, 0.3) is 11.7 Å². The van der Waals surface area contributed by atoms with Crippen molar-refractivity contribution in [3.8, 4) is 0 Å². The minimum atomic E-state index is -2.75. The van der Waals surface area contributed by atoms with Crippen LogP contribution < -0.4 is 4.90 Å². The van der Waals surface area contributed by atoms with E-state index < -0.39 is 18.2 Å². The van der Waals surface area contributed by atoms with Crippen LogP contribution in [0.5, 0.6) is 0 Å². The average Bonchev–Trinajstić information content (AvgIpc) is 2.99.